The van der Waals surface area contributed by atoms with Crippen molar-refractivity contribution >= 4 is 16.8 Å². The highest BCUT2D eigenvalue weighted by molar-refractivity contribution is 5.84. The topological polar surface area (TPSA) is 100 Å². The maximum Gasteiger partial charge on any atom is 0.295 e. The van der Waals surface area contributed by atoms with Crippen molar-refractivity contribution < 1.29 is 14.3 Å². The molecular formula is C25H27N5O4. The van der Waals surface area contributed by atoms with E-state index in [1.165, 1.54) is 4.68 Å². The van der Waals surface area contributed by atoms with Gasteiger partial charge in [0.15, 0.2) is 5.52 Å². The van der Waals surface area contributed by atoms with E-state index in [0.717, 1.165) is 16.9 Å². The zero-order valence-corrected chi connectivity index (χ0v) is 19.8. The van der Waals surface area contributed by atoms with Crippen molar-refractivity contribution in [3.8, 4) is 17.2 Å². The molecule has 2 heterocycles. The molecule has 0 aliphatic carbocycles. The van der Waals surface area contributed by atoms with Gasteiger partial charge in [-0.2, -0.15) is 10.2 Å². The quantitative estimate of drug-likeness (QED) is 0.454. The molecule has 1 N–H and O–H groups in total. The number of nitrogens with zero attached hydrogens (tertiary/aromatic N) is 4. The number of hydrogen-bond acceptors (Lipinski definition) is 6. The molecule has 9 heteroatoms. The summed E-state index contributed by atoms with van der Waals surface area (Å²) in [7, 11) is 3.13. The van der Waals surface area contributed by atoms with Crippen LogP contribution >= 0.6 is 0 Å². The van der Waals surface area contributed by atoms with Crippen LogP contribution in [-0.4, -0.2) is 39.7 Å². The summed E-state index contributed by atoms with van der Waals surface area (Å²) < 4.78 is 13.5. The number of aromatic nitrogens is 4. The number of benzene rings is 2. The van der Waals surface area contributed by atoms with Crippen LogP contribution in [0.4, 0.5) is 0 Å². The number of fused-ring (bicyclic) bond motifs is 1. The van der Waals surface area contributed by atoms with Crippen molar-refractivity contribution in [2.75, 3.05) is 14.2 Å². The highest BCUT2D eigenvalue weighted by atomic mass is 16.5. The second kappa shape index (κ2) is 9.38. The SMILES string of the molecule is COc1ccc(CNC(=O)[C@H](C)n2nc(C)c3c(C)n(-c4ccccc4)nc3c2=O)c(OC)c1. The molecule has 0 fully saturated rings. The highest BCUT2D eigenvalue weighted by Gasteiger charge is 2.23. The number of para-hydroxylation sites is 1. The normalized spacial score (nSPS) is 11.9. The van der Waals surface area contributed by atoms with Crippen molar-refractivity contribution in [3.05, 3.63) is 75.8 Å². The van der Waals surface area contributed by atoms with E-state index in [4.69, 9.17) is 9.47 Å². The molecule has 176 valence electrons. The van der Waals surface area contributed by atoms with Crippen LogP contribution in [0, 0.1) is 13.8 Å². The molecule has 34 heavy (non-hydrogen) atoms. The maximum atomic E-state index is 13.3. The minimum absolute atomic E-state index is 0.230. The molecule has 0 saturated carbocycles. The second-order valence-electron chi connectivity index (χ2n) is 7.96. The number of ether oxygens (including phenoxy) is 2. The van der Waals surface area contributed by atoms with Crippen LogP contribution in [0.2, 0.25) is 0 Å². The standard InChI is InChI=1S/C25H27N5O4/c1-15-22-16(2)29(19-9-7-6-8-10-19)28-23(22)25(32)30(27-15)17(3)24(31)26-14-18-11-12-20(33-4)13-21(18)34-5/h6-13,17H,14H2,1-5H3,(H,26,31)/t17-/m0/s1. The molecule has 2 aromatic heterocycles. The zero-order valence-electron chi connectivity index (χ0n) is 19.8. The third-order valence-corrected chi connectivity index (χ3v) is 5.84. The fourth-order valence-corrected chi connectivity index (χ4v) is 3.97. The third-order valence-electron chi connectivity index (χ3n) is 5.84. The lowest BCUT2D eigenvalue weighted by atomic mass is 10.2. The fourth-order valence-electron chi connectivity index (χ4n) is 3.97. The van der Waals surface area contributed by atoms with Crippen LogP contribution in [0.3, 0.4) is 0 Å². The van der Waals surface area contributed by atoms with Gasteiger partial charge in [0.25, 0.3) is 5.56 Å². The van der Waals surface area contributed by atoms with E-state index in [0.29, 0.717) is 22.6 Å². The first kappa shape index (κ1) is 23.0. The Bertz CT molecular complexity index is 1410. The number of nitrogens with one attached hydrogen (secondary N) is 1. The van der Waals surface area contributed by atoms with E-state index < -0.39 is 11.6 Å². The van der Waals surface area contributed by atoms with Gasteiger partial charge in [-0.15, -0.1) is 0 Å². The summed E-state index contributed by atoms with van der Waals surface area (Å²) in [6, 6.07) is 14.1. The summed E-state index contributed by atoms with van der Waals surface area (Å²) in [5.41, 5.74) is 2.95. The van der Waals surface area contributed by atoms with Crippen LogP contribution in [0.1, 0.15) is 29.9 Å². The molecular weight excluding hydrogens is 434 g/mol. The molecule has 0 radical (unpaired) electrons. The number of amides is 1. The Balaban J connectivity index is 1.63. The lowest BCUT2D eigenvalue weighted by Crippen LogP contribution is -2.37. The van der Waals surface area contributed by atoms with Crippen molar-refractivity contribution in [1.82, 2.24) is 24.9 Å². The van der Waals surface area contributed by atoms with Gasteiger partial charge < -0.3 is 14.8 Å². The molecule has 4 aromatic rings. The van der Waals surface area contributed by atoms with Crippen LogP contribution < -0.4 is 20.3 Å². The minimum atomic E-state index is -0.831. The minimum Gasteiger partial charge on any atom is -0.497 e. The molecule has 0 aliphatic heterocycles. The van der Waals surface area contributed by atoms with Crippen LogP contribution in [0.5, 0.6) is 11.5 Å². The van der Waals surface area contributed by atoms with Gasteiger partial charge in [0.2, 0.25) is 5.91 Å². The number of aryl methyl sites for hydroxylation is 2. The van der Waals surface area contributed by atoms with Gasteiger partial charge in [0.1, 0.15) is 17.5 Å². The van der Waals surface area contributed by atoms with Crippen LogP contribution in [0.25, 0.3) is 16.6 Å². The van der Waals surface area contributed by atoms with Crippen LogP contribution in [-0.2, 0) is 11.3 Å². The Morgan fingerprint density at radius 3 is 2.47 bits per heavy atom. The van der Waals surface area contributed by atoms with Crippen molar-refractivity contribution in [1.29, 1.82) is 0 Å². The Hall–Kier alpha value is -4.14. The summed E-state index contributed by atoms with van der Waals surface area (Å²) in [6.07, 6.45) is 0. The van der Waals surface area contributed by atoms with E-state index in [1.54, 1.807) is 38.0 Å². The zero-order chi connectivity index (χ0) is 24.4. The largest absolute Gasteiger partial charge is 0.497 e. The average molecular weight is 462 g/mol. The van der Waals surface area contributed by atoms with Crippen molar-refractivity contribution in [2.24, 2.45) is 0 Å². The van der Waals surface area contributed by atoms with E-state index in [1.807, 2.05) is 50.2 Å². The smallest absolute Gasteiger partial charge is 0.295 e. The summed E-state index contributed by atoms with van der Waals surface area (Å²) in [5.74, 6) is 0.914. The maximum absolute atomic E-state index is 13.3. The Labute approximate surface area is 196 Å². The molecule has 1 atom stereocenters. The van der Waals surface area contributed by atoms with Gasteiger partial charge in [0.05, 0.1) is 36.7 Å². The number of carbonyl (C=O) groups excluding carboxylic acids is 1. The first-order valence-corrected chi connectivity index (χ1v) is 10.9. The first-order chi connectivity index (χ1) is 16.3. The summed E-state index contributed by atoms with van der Waals surface area (Å²) in [5, 5.41) is 12.6. The molecule has 0 saturated heterocycles. The number of carbonyl (C=O) groups is 1. The number of methoxy groups -OCH3 is 2. The summed E-state index contributed by atoms with van der Waals surface area (Å²) >= 11 is 0. The van der Waals surface area contributed by atoms with E-state index >= 15 is 0 Å². The molecule has 1 amide bonds. The third kappa shape index (κ3) is 4.12. The Morgan fingerprint density at radius 2 is 1.79 bits per heavy atom. The molecule has 0 spiro atoms. The van der Waals surface area contributed by atoms with E-state index in [-0.39, 0.29) is 18.0 Å². The average Bonchev–Trinajstić information content (AvgIpc) is 3.22. The fraction of sp³-hybridized carbons (Fsp3) is 0.280. The first-order valence-electron chi connectivity index (χ1n) is 10.9. The molecule has 0 unspecified atom stereocenters. The van der Waals surface area contributed by atoms with Gasteiger partial charge in [-0.25, -0.2) is 9.36 Å². The lowest BCUT2D eigenvalue weighted by molar-refractivity contribution is -0.124. The summed E-state index contributed by atoms with van der Waals surface area (Å²) in [6.45, 7) is 5.59. The van der Waals surface area contributed by atoms with Crippen LogP contribution in [0.15, 0.2) is 53.3 Å². The second-order valence-corrected chi connectivity index (χ2v) is 7.96. The Kier molecular flexibility index (Phi) is 6.36. The molecule has 2 aromatic carbocycles. The highest BCUT2D eigenvalue weighted by Crippen LogP contribution is 2.25. The van der Waals surface area contributed by atoms with Gasteiger partial charge in [-0.3, -0.25) is 9.59 Å². The van der Waals surface area contributed by atoms with Crippen molar-refractivity contribution in [3.63, 3.8) is 0 Å². The lowest BCUT2D eigenvalue weighted by Gasteiger charge is -2.16. The van der Waals surface area contributed by atoms with E-state index in [2.05, 4.69) is 15.5 Å². The van der Waals surface area contributed by atoms with Gasteiger partial charge in [-0.05, 0) is 45.0 Å². The molecule has 4 rings (SSSR count). The summed E-state index contributed by atoms with van der Waals surface area (Å²) in [4.78, 5) is 26.2. The van der Waals surface area contributed by atoms with Gasteiger partial charge >= 0.3 is 0 Å². The van der Waals surface area contributed by atoms with E-state index in [9.17, 15) is 9.59 Å². The molecule has 0 bridgehead atoms. The molecule has 0 aliphatic rings. The predicted octanol–water partition coefficient (Wildman–Crippen LogP) is 3.09. The number of hydrogen-bond donors (Lipinski definition) is 1. The Morgan fingerprint density at radius 1 is 1.06 bits per heavy atom. The predicted molar refractivity (Wildman–Crippen MR) is 129 cm³/mol. The molecule has 9 nitrogen and oxygen atoms in total. The van der Waals surface area contributed by atoms with Gasteiger partial charge in [-0.1, -0.05) is 18.2 Å². The van der Waals surface area contributed by atoms with Crippen molar-refractivity contribution in [2.45, 2.75) is 33.4 Å². The monoisotopic (exact) mass is 461 g/mol. The van der Waals surface area contributed by atoms with Gasteiger partial charge in [0, 0.05) is 18.2 Å². The number of rotatable bonds is 7.